The van der Waals surface area contributed by atoms with E-state index < -0.39 is 0 Å². The molecule has 1 aromatic heterocycles. The molecule has 116 valence electrons. The first-order valence-electron chi connectivity index (χ1n) is 7.40. The molecule has 1 fully saturated rings. The van der Waals surface area contributed by atoms with Crippen molar-refractivity contribution in [3.63, 3.8) is 0 Å². The largest absolute Gasteiger partial charge is 0.342 e. The summed E-state index contributed by atoms with van der Waals surface area (Å²) in [5, 5.41) is 3.24. The molecule has 0 N–H and O–H groups in total. The molecule has 1 aromatic carbocycles. The van der Waals surface area contributed by atoms with E-state index in [1.807, 2.05) is 52.4 Å². The van der Waals surface area contributed by atoms with E-state index in [-0.39, 0.29) is 5.91 Å². The van der Waals surface area contributed by atoms with Gasteiger partial charge >= 0.3 is 0 Å². The van der Waals surface area contributed by atoms with Crippen LogP contribution in [0.25, 0.3) is 0 Å². The maximum absolute atomic E-state index is 12.4. The van der Waals surface area contributed by atoms with Gasteiger partial charge in [-0.25, -0.2) is 0 Å². The van der Waals surface area contributed by atoms with Gasteiger partial charge in [-0.2, -0.15) is 11.8 Å². The van der Waals surface area contributed by atoms with Crippen LogP contribution in [0.2, 0.25) is 5.02 Å². The summed E-state index contributed by atoms with van der Waals surface area (Å²) >= 11 is 9.87. The fourth-order valence-electron chi connectivity index (χ4n) is 2.68. The van der Waals surface area contributed by atoms with E-state index in [1.54, 1.807) is 11.3 Å². The lowest BCUT2D eigenvalue weighted by Gasteiger charge is -2.20. The Hall–Kier alpha value is -0.970. The van der Waals surface area contributed by atoms with Crippen LogP contribution in [-0.4, -0.2) is 29.6 Å². The van der Waals surface area contributed by atoms with Crippen LogP contribution in [0, 0.1) is 0 Å². The third-order valence-electron chi connectivity index (χ3n) is 3.85. The van der Waals surface area contributed by atoms with E-state index in [4.69, 9.17) is 11.6 Å². The zero-order chi connectivity index (χ0) is 15.4. The monoisotopic (exact) mass is 351 g/mol. The molecule has 2 aromatic rings. The second-order valence-corrected chi connectivity index (χ2v) is 8.06. The van der Waals surface area contributed by atoms with Crippen LogP contribution in [-0.2, 0) is 11.2 Å². The fourth-order valence-corrected chi connectivity index (χ4v) is 4.97. The summed E-state index contributed by atoms with van der Waals surface area (Å²) in [6.45, 7) is 1.64. The zero-order valence-electron chi connectivity index (χ0n) is 12.2. The average Bonchev–Trinajstić information content (AvgIpc) is 2.90. The molecule has 0 unspecified atom stereocenters. The van der Waals surface area contributed by atoms with Crippen molar-refractivity contribution < 1.29 is 4.79 Å². The molecule has 1 aliphatic heterocycles. The topological polar surface area (TPSA) is 20.3 Å². The number of rotatable bonds is 3. The normalized spacial score (nSPS) is 19.0. The Balaban J connectivity index is 1.62. The van der Waals surface area contributed by atoms with Crippen molar-refractivity contribution in [2.24, 2.45) is 0 Å². The number of halogens is 1. The molecular weight excluding hydrogens is 334 g/mol. The Morgan fingerprint density at radius 1 is 1.23 bits per heavy atom. The van der Waals surface area contributed by atoms with Gasteiger partial charge in [-0.05, 0) is 29.5 Å². The smallest absolute Gasteiger partial charge is 0.227 e. The number of hydrogen-bond acceptors (Lipinski definition) is 3. The highest BCUT2D eigenvalue weighted by Crippen LogP contribution is 2.37. The lowest BCUT2D eigenvalue weighted by Crippen LogP contribution is -2.33. The lowest BCUT2D eigenvalue weighted by atomic mass is 10.1. The van der Waals surface area contributed by atoms with Gasteiger partial charge in [0.05, 0.1) is 6.42 Å². The first kappa shape index (κ1) is 15.9. The Morgan fingerprint density at radius 3 is 2.86 bits per heavy atom. The van der Waals surface area contributed by atoms with Gasteiger partial charge in [0.15, 0.2) is 0 Å². The summed E-state index contributed by atoms with van der Waals surface area (Å²) < 4.78 is 0. The summed E-state index contributed by atoms with van der Waals surface area (Å²) in [6.07, 6.45) is 1.49. The number of benzene rings is 1. The van der Waals surface area contributed by atoms with E-state index in [1.165, 1.54) is 5.56 Å². The number of thioether (sulfide) groups is 1. The second kappa shape index (κ2) is 7.53. The Kier molecular flexibility index (Phi) is 5.45. The standard InChI is InChI=1S/C17H18ClNOS2/c18-15-6-2-1-5-14(15)16-7-8-19(9-11-22-16)17(20)12-13-4-3-10-21-13/h1-6,10,16H,7-9,11-12H2/t16-/m1/s1. The molecule has 0 radical (unpaired) electrons. The Morgan fingerprint density at radius 2 is 2.09 bits per heavy atom. The van der Waals surface area contributed by atoms with Crippen molar-refractivity contribution in [3.8, 4) is 0 Å². The highest BCUT2D eigenvalue weighted by Gasteiger charge is 2.23. The predicted octanol–water partition coefficient (Wildman–Crippen LogP) is 4.65. The van der Waals surface area contributed by atoms with Gasteiger partial charge in [0.25, 0.3) is 0 Å². The Bertz CT molecular complexity index is 629. The lowest BCUT2D eigenvalue weighted by molar-refractivity contribution is -0.130. The van der Waals surface area contributed by atoms with Gasteiger partial charge in [-0.3, -0.25) is 4.79 Å². The molecule has 5 heteroatoms. The molecule has 2 heterocycles. The number of carbonyl (C=O) groups is 1. The van der Waals surface area contributed by atoms with E-state index in [9.17, 15) is 4.79 Å². The van der Waals surface area contributed by atoms with Gasteiger partial charge in [0, 0.05) is 34.0 Å². The number of thiophene rings is 1. The van der Waals surface area contributed by atoms with Gasteiger partial charge in [-0.1, -0.05) is 35.9 Å². The minimum atomic E-state index is 0.239. The summed E-state index contributed by atoms with van der Waals surface area (Å²) in [7, 11) is 0. The van der Waals surface area contributed by atoms with E-state index in [0.717, 1.165) is 35.2 Å². The molecule has 22 heavy (non-hydrogen) atoms. The highest BCUT2D eigenvalue weighted by atomic mass is 35.5. The third kappa shape index (κ3) is 3.86. The van der Waals surface area contributed by atoms with Crippen LogP contribution < -0.4 is 0 Å². The van der Waals surface area contributed by atoms with Crippen molar-refractivity contribution in [2.75, 3.05) is 18.8 Å². The molecule has 1 aliphatic rings. The van der Waals surface area contributed by atoms with Crippen molar-refractivity contribution in [2.45, 2.75) is 18.1 Å². The molecule has 2 nitrogen and oxygen atoms in total. The number of hydrogen-bond donors (Lipinski definition) is 0. The van der Waals surface area contributed by atoms with Crippen LogP contribution in [0.5, 0.6) is 0 Å². The summed E-state index contributed by atoms with van der Waals surface area (Å²) in [5.74, 6) is 1.20. The van der Waals surface area contributed by atoms with Gasteiger partial charge < -0.3 is 4.90 Å². The van der Waals surface area contributed by atoms with E-state index >= 15 is 0 Å². The third-order valence-corrected chi connectivity index (χ3v) is 6.38. The first-order valence-corrected chi connectivity index (χ1v) is 9.71. The molecule has 0 bridgehead atoms. The molecule has 1 atom stereocenters. The minimum Gasteiger partial charge on any atom is -0.342 e. The minimum absolute atomic E-state index is 0.239. The number of carbonyl (C=O) groups excluding carboxylic acids is 1. The zero-order valence-corrected chi connectivity index (χ0v) is 14.6. The summed E-state index contributed by atoms with van der Waals surface area (Å²) in [6, 6.07) is 12.1. The molecule has 3 rings (SSSR count). The quantitative estimate of drug-likeness (QED) is 0.802. The van der Waals surface area contributed by atoms with Gasteiger partial charge in [0.1, 0.15) is 0 Å². The van der Waals surface area contributed by atoms with Crippen LogP contribution in [0.15, 0.2) is 41.8 Å². The van der Waals surface area contributed by atoms with Crippen molar-refractivity contribution in [1.82, 2.24) is 4.90 Å². The Labute approximate surface area is 144 Å². The first-order chi connectivity index (χ1) is 10.7. The van der Waals surface area contributed by atoms with Gasteiger partial charge in [-0.15, -0.1) is 11.3 Å². The molecular formula is C17H18ClNOS2. The van der Waals surface area contributed by atoms with Crippen molar-refractivity contribution >= 4 is 40.6 Å². The number of nitrogens with zero attached hydrogens (tertiary/aromatic N) is 1. The predicted molar refractivity (Wildman–Crippen MR) is 95.9 cm³/mol. The molecule has 1 amide bonds. The van der Waals surface area contributed by atoms with E-state index in [0.29, 0.717) is 11.7 Å². The maximum Gasteiger partial charge on any atom is 0.227 e. The van der Waals surface area contributed by atoms with Crippen LogP contribution >= 0.6 is 34.7 Å². The molecule has 0 saturated carbocycles. The molecule has 1 saturated heterocycles. The SMILES string of the molecule is O=C(Cc1cccs1)N1CCS[C@@H](c2ccccc2Cl)CC1. The molecule has 0 spiro atoms. The van der Waals surface area contributed by atoms with Crippen molar-refractivity contribution in [3.05, 3.63) is 57.2 Å². The maximum atomic E-state index is 12.4. The average molecular weight is 352 g/mol. The van der Waals surface area contributed by atoms with Gasteiger partial charge in [0.2, 0.25) is 5.91 Å². The van der Waals surface area contributed by atoms with Crippen molar-refractivity contribution in [1.29, 1.82) is 0 Å². The second-order valence-electron chi connectivity index (χ2n) is 5.31. The summed E-state index contributed by atoms with van der Waals surface area (Å²) in [5.41, 5.74) is 1.20. The van der Waals surface area contributed by atoms with Crippen LogP contribution in [0.1, 0.15) is 22.1 Å². The number of amides is 1. The van der Waals surface area contributed by atoms with Crippen LogP contribution in [0.4, 0.5) is 0 Å². The molecule has 0 aliphatic carbocycles. The fraction of sp³-hybridized carbons (Fsp3) is 0.353. The van der Waals surface area contributed by atoms with Crippen LogP contribution in [0.3, 0.4) is 0 Å². The van der Waals surface area contributed by atoms with E-state index in [2.05, 4.69) is 6.07 Å². The highest BCUT2D eigenvalue weighted by molar-refractivity contribution is 7.99. The summed E-state index contributed by atoms with van der Waals surface area (Å²) in [4.78, 5) is 15.6.